The molecular formula is C15H22FNOS. The summed E-state index contributed by atoms with van der Waals surface area (Å²) in [6.45, 7) is 11.2. The molecule has 2 atom stereocenters. The molecule has 0 saturated heterocycles. The Bertz CT molecular complexity index is 481. The summed E-state index contributed by atoms with van der Waals surface area (Å²) in [4.78, 5) is 0. The van der Waals surface area contributed by atoms with Gasteiger partial charge in [-0.3, -0.25) is 0 Å². The van der Waals surface area contributed by atoms with Crippen LogP contribution in [-0.2, 0) is 16.5 Å². The number of halogens is 1. The van der Waals surface area contributed by atoms with Crippen molar-refractivity contribution < 1.29 is 8.60 Å². The molecule has 106 valence electrons. The van der Waals surface area contributed by atoms with Crippen LogP contribution in [0.3, 0.4) is 0 Å². The van der Waals surface area contributed by atoms with Crippen molar-refractivity contribution in [2.75, 3.05) is 0 Å². The zero-order valence-electron chi connectivity index (χ0n) is 12.0. The summed E-state index contributed by atoms with van der Waals surface area (Å²) in [5.41, 5.74) is -0.224. The maximum atomic E-state index is 14.0. The van der Waals surface area contributed by atoms with E-state index < -0.39 is 21.3 Å². The monoisotopic (exact) mass is 283 g/mol. The summed E-state index contributed by atoms with van der Waals surface area (Å²) in [6.07, 6.45) is 2.20. The zero-order valence-corrected chi connectivity index (χ0v) is 12.8. The van der Waals surface area contributed by atoms with E-state index in [0.29, 0.717) is 12.0 Å². The Kier molecular flexibility index (Phi) is 5.04. The largest absolute Gasteiger partial charge is 0.242 e. The van der Waals surface area contributed by atoms with Crippen molar-refractivity contribution in [2.45, 2.75) is 44.4 Å². The fourth-order valence-electron chi connectivity index (χ4n) is 1.76. The highest BCUT2D eigenvalue weighted by Crippen LogP contribution is 2.29. The number of benzene rings is 1. The summed E-state index contributed by atoms with van der Waals surface area (Å²) >= 11 is 0. The third-order valence-corrected chi connectivity index (χ3v) is 4.64. The van der Waals surface area contributed by atoms with E-state index in [-0.39, 0.29) is 5.82 Å². The summed E-state index contributed by atoms with van der Waals surface area (Å²) in [7, 11) is -1.28. The van der Waals surface area contributed by atoms with Crippen LogP contribution in [0.2, 0.25) is 0 Å². The molecule has 0 amide bonds. The molecular weight excluding hydrogens is 261 g/mol. The topological polar surface area (TPSA) is 29.1 Å². The lowest BCUT2D eigenvalue weighted by Crippen LogP contribution is -2.46. The van der Waals surface area contributed by atoms with Crippen LogP contribution in [0.4, 0.5) is 4.39 Å². The molecule has 2 nitrogen and oxygen atoms in total. The minimum absolute atomic E-state index is 0.301. The normalized spacial score (nSPS) is 16.7. The van der Waals surface area contributed by atoms with E-state index >= 15 is 0 Å². The van der Waals surface area contributed by atoms with E-state index in [4.69, 9.17) is 0 Å². The molecule has 0 radical (unpaired) electrons. The summed E-state index contributed by atoms with van der Waals surface area (Å²) in [5.74, 6) is -0.301. The Morgan fingerprint density at radius 3 is 2.37 bits per heavy atom. The average molecular weight is 283 g/mol. The van der Waals surface area contributed by atoms with E-state index in [0.717, 1.165) is 0 Å². The van der Waals surface area contributed by atoms with Crippen LogP contribution in [0.15, 0.2) is 36.9 Å². The Labute approximate surface area is 117 Å². The van der Waals surface area contributed by atoms with Crippen LogP contribution in [0.5, 0.6) is 0 Å². The Morgan fingerprint density at radius 1 is 1.32 bits per heavy atom. The minimum Gasteiger partial charge on any atom is -0.242 e. The first-order chi connectivity index (χ1) is 8.70. The predicted octanol–water partition coefficient (Wildman–Crippen LogP) is 3.67. The van der Waals surface area contributed by atoms with Gasteiger partial charge in [-0.1, -0.05) is 24.3 Å². The van der Waals surface area contributed by atoms with Crippen molar-refractivity contribution in [3.8, 4) is 0 Å². The van der Waals surface area contributed by atoms with Crippen LogP contribution in [0.1, 0.15) is 39.7 Å². The van der Waals surface area contributed by atoms with Crippen molar-refractivity contribution in [3.05, 3.63) is 48.3 Å². The lowest BCUT2D eigenvalue weighted by atomic mass is 9.89. The number of hydrogen-bond acceptors (Lipinski definition) is 1. The standard InChI is InChI=1S/C15H22FNOS/c1-6-11-15(5,17-19(18)14(2,3)4)12-9-7-8-10-13(12)16/h6-10,17H,1,11H2,2-5H3. The second kappa shape index (κ2) is 5.97. The highest BCUT2D eigenvalue weighted by Gasteiger charge is 2.33. The van der Waals surface area contributed by atoms with Gasteiger partial charge >= 0.3 is 0 Å². The van der Waals surface area contributed by atoms with Crippen LogP contribution in [0.25, 0.3) is 0 Å². The van der Waals surface area contributed by atoms with Crippen molar-refractivity contribution in [2.24, 2.45) is 0 Å². The van der Waals surface area contributed by atoms with Gasteiger partial charge in [0.05, 0.1) is 21.3 Å². The fourth-order valence-corrected chi connectivity index (χ4v) is 2.67. The van der Waals surface area contributed by atoms with Crippen LogP contribution < -0.4 is 4.72 Å². The SMILES string of the molecule is C=CCC(C)(NS(=O)C(C)(C)C)c1ccccc1F. The third kappa shape index (κ3) is 3.98. The van der Waals surface area contributed by atoms with E-state index in [9.17, 15) is 8.60 Å². The number of hydrogen-bond donors (Lipinski definition) is 1. The van der Waals surface area contributed by atoms with Gasteiger partial charge in [-0.15, -0.1) is 6.58 Å². The molecule has 2 unspecified atom stereocenters. The summed E-state index contributed by atoms with van der Waals surface area (Å²) < 4.78 is 28.9. The molecule has 1 aromatic carbocycles. The molecule has 0 spiro atoms. The Balaban J connectivity index is 3.15. The number of nitrogens with one attached hydrogen (secondary N) is 1. The molecule has 0 aliphatic rings. The predicted molar refractivity (Wildman–Crippen MR) is 79.6 cm³/mol. The van der Waals surface area contributed by atoms with Gasteiger partial charge in [0.15, 0.2) is 0 Å². The molecule has 0 heterocycles. The molecule has 1 rings (SSSR count). The summed E-state index contributed by atoms with van der Waals surface area (Å²) in [5, 5.41) is 0. The van der Waals surface area contributed by atoms with Gasteiger partial charge in [-0.25, -0.2) is 13.3 Å². The first-order valence-corrected chi connectivity index (χ1v) is 7.41. The molecule has 0 aromatic heterocycles. The second-order valence-corrected chi connectivity index (χ2v) is 7.75. The fraction of sp³-hybridized carbons (Fsp3) is 0.467. The van der Waals surface area contributed by atoms with Crippen molar-refractivity contribution in [1.29, 1.82) is 0 Å². The first kappa shape index (κ1) is 16.1. The van der Waals surface area contributed by atoms with Crippen LogP contribution in [0, 0.1) is 5.82 Å². The minimum atomic E-state index is -1.28. The molecule has 0 aliphatic heterocycles. The molecule has 0 fully saturated rings. The van der Waals surface area contributed by atoms with E-state index in [1.54, 1.807) is 24.3 Å². The molecule has 1 N–H and O–H groups in total. The molecule has 0 aliphatic carbocycles. The van der Waals surface area contributed by atoms with Crippen molar-refractivity contribution in [1.82, 2.24) is 4.72 Å². The maximum absolute atomic E-state index is 14.0. The molecule has 0 bridgehead atoms. The molecule has 19 heavy (non-hydrogen) atoms. The van der Waals surface area contributed by atoms with Gasteiger partial charge in [0.1, 0.15) is 5.82 Å². The number of rotatable bonds is 5. The van der Waals surface area contributed by atoms with E-state index in [1.165, 1.54) is 6.07 Å². The lowest BCUT2D eigenvalue weighted by molar-refractivity contribution is 0.422. The van der Waals surface area contributed by atoms with Gasteiger partial charge in [0.2, 0.25) is 0 Å². The highest BCUT2D eigenvalue weighted by atomic mass is 32.2. The van der Waals surface area contributed by atoms with Gasteiger partial charge in [0.25, 0.3) is 0 Å². The van der Waals surface area contributed by atoms with Crippen LogP contribution in [-0.4, -0.2) is 8.96 Å². The molecule has 4 heteroatoms. The summed E-state index contributed by atoms with van der Waals surface area (Å²) in [6, 6.07) is 6.55. The van der Waals surface area contributed by atoms with Crippen molar-refractivity contribution in [3.63, 3.8) is 0 Å². The molecule has 0 saturated carbocycles. The van der Waals surface area contributed by atoms with Gasteiger partial charge in [-0.2, -0.15) is 0 Å². The van der Waals surface area contributed by atoms with Gasteiger partial charge in [0, 0.05) is 5.56 Å². The third-order valence-electron chi connectivity index (χ3n) is 2.90. The highest BCUT2D eigenvalue weighted by molar-refractivity contribution is 7.84. The van der Waals surface area contributed by atoms with Crippen molar-refractivity contribution >= 4 is 11.0 Å². The lowest BCUT2D eigenvalue weighted by Gasteiger charge is -2.33. The van der Waals surface area contributed by atoms with E-state index in [1.807, 2.05) is 27.7 Å². The average Bonchev–Trinajstić information content (AvgIpc) is 2.28. The van der Waals surface area contributed by atoms with E-state index in [2.05, 4.69) is 11.3 Å². The smallest absolute Gasteiger partial charge is 0.128 e. The zero-order chi connectivity index (χ0) is 14.7. The first-order valence-electron chi connectivity index (χ1n) is 6.26. The Hall–Kier alpha value is -1.00. The van der Waals surface area contributed by atoms with Crippen LogP contribution >= 0.6 is 0 Å². The molecule has 1 aromatic rings. The Morgan fingerprint density at radius 2 is 1.89 bits per heavy atom. The second-order valence-electron chi connectivity index (χ2n) is 5.79. The van der Waals surface area contributed by atoms with Gasteiger partial charge < -0.3 is 0 Å². The maximum Gasteiger partial charge on any atom is 0.128 e. The quantitative estimate of drug-likeness (QED) is 0.821. The van der Waals surface area contributed by atoms with Gasteiger partial charge in [-0.05, 0) is 40.2 Å².